The highest BCUT2D eigenvalue weighted by Crippen LogP contribution is 2.42. The highest BCUT2D eigenvalue weighted by molar-refractivity contribution is 8.03. The molecule has 25 heavy (non-hydrogen) atoms. The molecule has 0 radical (unpaired) electrons. The van der Waals surface area contributed by atoms with Crippen LogP contribution >= 0.6 is 11.8 Å². The Morgan fingerprint density at radius 1 is 1.28 bits per heavy atom. The molecule has 1 heterocycles. The van der Waals surface area contributed by atoms with E-state index in [2.05, 4.69) is 15.5 Å². The summed E-state index contributed by atoms with van der Waals surface area (Å²) in [6.45, 7) is 1.63. The van der Waals surface area contributed by atoms with E-state index in [4.69, 9.17) is 0 Å². The lowest BCUT2D eigenvalue weighted by Crippen LogP contribution is -2.36. The number of nitrogens with zero attached hydrogens (tertiary/aromatic N) is 1. The van der Waals surface area contributed by atoms with Crippen molar-refractivity contribution in [1.82, 2.24) is 15.5 Å². The summed E-state index contributed by atoms with van der Waals surface area (Å²) in [5.41, 5.74) is 2.31. The number of hydrogen-bond donors (Lipinski definition) is 2. The molecule has 1 amide bonds. The van der Waals surface area contributed by atoms with Gasteiger partial charge in [-0.3, -0.25) is 9.59 Å². The van der Waals surface area contributed by atoms with Gasteiger partial charge in [-0.15, -0.1) is 11.8 Å². The fourth-order valence-electron chi connectivity index (χ4n) is 2.95. The number of thioether (sulfide) groups is 1. The first-order valence-electron chi connectivity index (χ1n) is 8.48. The van der Waals surface area contributed by atoms with Gasteiger partial charge in [0.1, 0.15) is 0 Å². The van der Waals surface area contributed by atoms with Crippen molar-refractivity contribution in [3.8, 4) is 0 Å². The fraction of sp³-hybridized carbons (Fsp3) is 0.368. The van der Waals surface area contributed by atoms with E-state index < -0.39 is 0 Å². The van der Waals surface area contributed by atoms with Crippen LogP contribution in [0.3, 0.4) is 0 Å². The van der Waals surface area contributed by atoms with Crippen LogP contribution in [-0.4, -0.2) is 42.1 Å². The third-order valence-electron chi connectivity index (χ3n) is 4.31. The fourth-order valence-corrected chi connectivity index (χ4v) is 4.35. The maximum atomic E-state index is 11.9. The lowest BCUT2D eigenvalue weighted by atomic mass is 10.1. The molecule has 2 aliphatic rings. The zero-order valence-corrected chi connectivity index (χ0v) is 15.1. The second-order valence-corrected chi connectivity index (χ2v) is 7.47. The van der Waals surface area contributed by atoms with Gasteiger partial charge in [0, 0.05) is 37.2 Å². The molecule has 1 aromatic rings. The molecular weight excluding hydrogens is 334 g/mol. The van der Waals surface area contributed by atoms with E-state index in [1.165, 1.54) is 5.56 Å². The van der Waals surface area contributed by atoms with Crippen LogP contribution in [0.5, 0.6) is 0 Å². The Labute approximate surface area is 152 Å². The molecule has 0 saturated carbocycles. The van der Waals surface area contributed by atoms with Gasteiger partial charge in [-0.25, -0.2) is 0 Å². The maximum Gasteiger partial charge on any atom is 0.233 e. The predicted octanol–water partition coefficient (Wildman–Crippen LogP) is 2.03. The molecular formula is C19H23N3O2S. The number of hydrogen-bond acceptors (Lipinski definition) is 5. The van der Waals surface area contributed by atoms with Crippen LogP contribution in [0.1, 0.15) is 18.4 Å². The minimum Gasteiger partial charge on any atom is -0.362 e. The second kappa shape index (κ2) is 8.36. The molecule has 5 nitrogen and oxygen atoms in total. The highest BCUT2D eigenvalue weighted by atomic mass is 32.2. The lowest BCUT2D eigenvalue weighted by molar-refractivity contribution is -0.120. The molecule has 1 aromatic carbocycles. The Morgan fingerprint density at radius 3 is 2.88 bits per heavy atom. The topological polar surface area (TPSA) is 61.4 Å². The van der Waals surface area contributed by atoms with Gasteiger partial charge < -0.3 is 15.5 Å². The number of nitrogens with one attached hydrogen (secondary N) is 2. The number of ketones is 1. The Morgan fingerprint density at radius 2 is 2.08 bits per heavy atom. The zero-order chi connectivity index (χ0) is 17.6. The average Bonchev–Trinajstić information content (AvgIpc) is 2.91. The van der Waals surface area contributed by atoms with E-state index in [9.17, 15) is 9.59 Å². The summed E-state index contributed by atoms with van der Waals surface area (Å²) in [6, 6.07) is 10.0. The molecule has 0 saturated heterocycles. The van der Waals surface area contributed by atoms with Crippen molar-refractivity contribution in [3.05, 3.63) is 58.6 Å². The van der Waals surface area contributed by atoms with E-state index in [0.29, 0.717) is 26.1 Å². The average molecular weight is 357 g/mol. The first-order valence-corrected chi connectivity index (χ1v) is 9.36. The van der Waals surface area contributed by atoms with Crippen LogP contribution in [0.4, 0.5) is 0 Å². The number of carbonyl (C=O) groups excluding carboxylic acids is 2. The van der Waals surface area contributed by atoms with Crippen LogP contribution < -0.4 is 10.6 Å². The highest BCUT2D eigenvalue weighted by Gasteiger charge is 2.30. The van der Waals surface area contributed by atoms with Crippen molar-refractivity contribution in [3.63, 3.8) is 0 Å². The maximum absolute atomic E-state index is 11.9. The number of amides is 1. The van der Waals surface area contributed by atoms with Crippen LogP contribution in [0, 0.1) is 0 Å². The number of likely N-dealkylation sites (N-methyl/N-ethyl adjacent to an activating group) is 1. The molecule has 1 unspecified atom stereocenters. The standard InChI is InChI=1S/C19H23N3O2S/c1-22-16-8-7-15(23)11-17(16)25-19(22)9-10-21-18(24)13-20-12-14-5-3-2-4-6-14/h2-8,19-20H,9-13H2,1H3,(H,21,24). The summed E-state index contributed by atoms with van der Waals surface area (Å²) >= 11 is 1.74. The van der Waals surface area contributed by atoms with Crippen molar-refractivity contribution in [2.75, 3.05) is 20.1 Å². The van der Waals surface area contributed by atoms with Gasteiger partial charge in [-0.1, -0.05) is 30.3 Å². The van der Waals surface area contributed by atoms with Crippen LogP contribution in [-0.2, 0) is 16.1 Å². The molecule has 0 aromatic heterocycles. The number of benzene rings is 1. The molecule has 0 spiro atoms. The van der Waals surface area contributed by atoms with Crippen molar-refractivity contribution < 1.29 is 9.59 Å². The smallest absolute Gasteiger partial charge is 0.233 e. The second-order valence-electron chi connectivity index (χ2n) is 6.20. The number of allylic oxidation sites excluding steroid dienone is 3. The molecule has 1 aliphatic carbocycles. The summed E-state index contributed by atoms with van der Waals surface area (Å²) in [4.78, 5) is 26.8. The minimum atomic E-state index is 0.00868. The SMILES string of the molecule is CN1C2=C(CC(=O)C=C2)SC1CCNC(=O)CNCc1ccccc1. The molecule has 3 rings (SSSR count). The van der Waals surface area contributed by atoms with Gasteiger partial charge in [0.25, 0.3) is 0 Å². The van der Waals surface area contributed by atoms with E-state index >= 15 is 0 Å². The Hall–Kier alpha value is -2.05. The molecule has 0 fully saturated rings. The molecule has 0 bridgehead atoms. The summed E-state index contributed by atoms with van der Waals surface area (Å²) in [5.74, 6) is 0.174. The van der Waals surface area contributed by atoms with Crippen LogP contribution in [0.15, 0.2) is 53.1 Å². The molecule has 1 aliphatic heterocycles. The van der Waals surface area contributed by atoms with Crippen molar-refractivity contribution >= 4 is 23.5 Å². The zero-order valence-electron chi connectivity index (χ0n) is 14.3. The van der Waals surface area contributed by atoms with E-state index in [1.807, 2.05) is 43.5 Å². The first-order chi connectivity index (χ1) is 12.1. The van der Waals surface area contributed by atoms with Crippen molar-refractivity contribution in [2.24, 2.45) is 0 Å². The van der Waals surface area contributed by atoms with Crippen LogP contribution in [0.25, 0.3) is 0 Å². The third kappa shape index (κ3) is 4.74. The van der Waals surface area contributed by atoms with Gasteiger partial charge in [0.2, 0.25) is 5.91 Å². The van der Waals surface area contributed by atoms with Crippen molar-refractivity contribution in [1.29, 1.82) is 0 Å². The minimum absolute atomic E-state index is 0.00868. The lowest BCUT2D eigenvalue weighted by Gasteiger charge is -2.23. The van der Waals surface area contributed by atoms with E-state index in [-0.39, 0.29) is 17.1 Å². The Balaban J connectivity index is 1.34. The largest absolute Gasteiger partial charge is 0.362 e. The third-order valence-corrected chi connectivity index (χ3v) is 5.77. The van der Waals surface area contributed by atoms with Gasteiger partial charge >= 0.3 is 0 Å². The summed E-state index contributed by atoms with van der Waals surface area (Å²) in [6.07, 6.45) is 4.91. The number of carbonyl (C=O) groups is 2. The molecule has 132 valence electrons. The van der Waals surface area contributed by atoms with E-state index in [0.717, 1.165) is 17.0 Å². The van der Waals surface area contributed by atoms with Gasteiger partial charge in [-0.05, 0) is 24.1 Å². The molecule has 2 N–H and O–H groups in total. The molecule has 6 heteroatoms. The normalized spacial score (nSPS) is 19.3. The summed E-state index contributed by atoms with van der Waals surface area (Å²) in [5, 5.41) is 6.39. The van der Waals surface area contributed by atoms with Gasteiger partial charge in [-0.2, -0.15) is 0 Å². The first kappa shape index (κ1) is 17.8. The van der Waals surface area contributed by atoms with Gasteiger partial charge in [0.15, 0.2) is 5.78 Å². The quantitative estimate of drug-likeness (QED) is 0.782. The summed E-state index contributed by atoms with van der Waals surface area (Å²) in [7, 11) is 2.05. The Bertz CT molecular complexity index is 700. The molecule has 1 atom stereocenters. The van der Waals surface area contributed by atoms with E-state index in [1.54, 1.807) is 17.8 Å². The predicted molar refractivity (Wildman–Crippen MR) is 101 cm³/mol. The Kier molecular flexibility index (Phi) is 5.94. The summed E-state index contributed by atoms with van der Waals surface area (Å²) < 4.78 is 0. The monoisotopic (exact) mass is 357 g/mol. The number of rotatable bonds is 7. The van der Waals surface area contributed by atoms with Crippen molar-refractivity contribution in [2.45, 2.75) is 24.8 Å². The van der Waals surface area contributed by atoms with Gasteiger partial charge in [0.05, 0.1) is 11.9 Å². The van der Waals surface area contributed by atoms with Crippen LogP contribution in [0.2, 0.25) is 0 Å².